The van der Waals surface area contributed by atoms with Gasteiger partial charge < -0.3 is 10.5 Å². The van der Waals surface area contributed by atoms with Crippen LogP contribution in [0.4, 0.5) is 0 Å². The Morgan fingerprint density at radius 2 is 1.94 bits per heavy atom. The third kappa shape index (κ3) is 3.96. The first-order valence-corrected chi connectivity index (χ1v) is 6.39. The van der Waals surface area contributed by atoms with Crippen LogP contribution in [0.3, 0.4) is 0 Å². The fourth-order valence-corrected chi connectivity index (χ4v) is 2.04. The highest BCUT2D eigenvalue weighted by Gasteiger charge is 2.50. The predicted octanol–water partition coefficient (Wildman–Crippen LogP) is 1.43. The zero-order chi connectivity index (χ0) is 13.3. The van der Waals surface area contributed by atoms with E-state index >= 15 is 0 Å². The number of carbonyl (C=O) groups excluding carboxylic acids is 1. The molecule has 1 atom stereocenters. The van der Waals surface area contributed by atoms with Gasteiger partial charge in [-0.15, -0.1) is 0 Å². The highest BCUT2D eigenvalue weighted by molar-refractivity contribution is 5.85. The fraction of sp³-hybridized carbons (Fsp3) is 0.923. The molecule has 1 amide bonds. The Kier molecular flexibility index (Phi) is 4.20. The molecule has 0 heterocycles. The zero-order valence-electron chi connectivity index (χ0n) is 11.7. The Hall–Kier alpha value is -0.610. The van der Waals surface area contributed by atoms with Crippen molar-refractivity contribution in [1.29, 1.82) is 0 Å². The van der Waals surface area contributed by atoms with E-state index in [-0.39, 0.29) is 17.6 Å². The summed E-state index contributed by atoms with van der Waals surface area (Å²) in [6.45, 7) is 10.4. The molecule has 1 saturated carbocycles. The lowest BCUT2D eigenvalue weighted by Crippen LogP contribution is -2.62. The predicted molar refractivity (Wildman–Crippen MR) is 68.6 cm³/mol. The molecule has 4 nitrogen and oxygen atoms in total. The number of rotatable bonds is 6. The topological polar surface area (TPSA) is 64.3 Å². The summed E-state index contributed by atoms with van der Waals surface area (Å²) in [7, 11) is 0. The van der Waals surface area contributed by atoms with E-state index < -0.39 is 5.54 Å². The third-order valence-corrected chi connectivity index (χ3v) is 2.99. The van der Waals surface area contributed by atoms with Crippen LogP contribution in [0.5, 0.6) is 0 Å². The van der Waals surface area contributed by atoms with E-state index in [1.807, 2.05) is 34.6 Å². The van der Waals surface area contributed by atoms with E-state index in [0.717, 1.165) is 12.8 Å². The number of primary amides is 1. The van der Waals surface area contributed by atoms with Crippen LogP contribution >= 0.6 is 0 Å². The van der Waals surface area contributed by atoms with Crippen molar-refractivity contribution < 1.29 is 9.53 Å². The van der Waals surface area contributed by atoms with Crippen LogP contribution in [-0.4, -0.2) is 29.7 Å². The lowest BCUT2D eigenvalue weighted by atomic mass is 9.92. The molecule has 17 heavy (non-hydrogen) atoms. The van der Waals surface area contributed by atoms with Gasteiger partial charge in [0, 0.05) is 6.04 Å². The number of nitrogens with one attached hydrogen (secondary N) is 1. The summed E-state index contributed by atoms with van der Waals surface area (Å²) >= 11 is 0. The van der Waals surface area contributed by atoms with Crippen LogP contribution in [0.15, 0.2) is 0 Å². The molecular weight excluding hydrogens is 216 g/mol. The lowest BCUT2D eigenvalue weighted by molar-refractivity contribution is -0.132. The minimum absolute atomic E-state index is 0.215. The molecule has 1 rings (SSSR count). The van der Waals surface area contributed by atoms with Gasteiger partial charge in [-0.1, -0.05) is 0 Å². The van der Waals surface area contributed by atoms with E-state index in [0.29, 0.717) is 12.5 Å². The Morgan fingerprint density at radius 3 is 2.24 bits per heavy atom. The molecule has 0 aliphatic heterocycles. The van der Waals surface area contributed by atoms with E-state index in [1.54, 1.807) is 0 Å². The molecule has 1 aliphatic carbocycles. The Morgan fingerprint density at radius 1 is 1.41 bits per heavy atom. The number of ether oxygens (including phenoxy) is 1. The molecule has 0 saturated heterocycles. The fourth-order valence-electron chi connectivity index (χ4n) is 2.04. The van der Waals surface area contributed by atoms with E-state index in [2.05, 4.69) is 5.32 Å². The maximum absolute atomic E-state index is 11.8. The molecule has 1 fully saturated rings. The van der Waals surface area contributed by atoms with Crippen molar-refractivity contribution in [2.75, 3.05) is 6.61 Å². The van der Waals surface area contributed by atoms with Gasteiger partial charge in [-0.25, -0.2) is 0 Å². The molecular formula is C13H26N2O2. The SMILES string of the molecule is CC(C)NC(COC(C)(C)C)(C(N)=O)C1CC1. The normalized spacial score (nSPS) is 20.4. The Balaban J connectivity index is 2.79. The first-order valence-electron chi connectivity index (χ1n) is 6.39. The summed E-state index contributed by atoms with van der Waals surface area (Å²) < 4.78 is 5.80. The van der Waals surface area contributed by atoms with Crippen LogP contribution in [0.25, 0.3) is 0 Å². The van der Waals surface area contributed by atoms with Crippen LogP contribution in [0, 0.1) is 5.92 Å². The molecule has 0 radical (unpaired) electrons. The van der Waals surface area contributed by atoms with Crippen LogP contribution in [0.1, 0.15) is 47.5 Å². The van der Waals surface area contributed by atoms with Gasteiger partial charge in [0.25, 0.3) is 0 Å². The van der Waals surface area contributed by atoms with Gasteiger partial charge in [0.1, 0.15) is 5.54 Å². The maximum atomic E-state index is 11.8. The van der Waals surface area contributed by atoms with Crippen molar-refractivity contribution >= 4 is 5.91 Å². The number of amides is 1. The van der Waals surface area contributed by atoms with Crippen LogP contribution in [0.2, 0.25) is 0 Å². The minimum atomic E-state index is -0.693. The smallest absolute Gasteiger partial charge is 0.240 e. The molecule has 100 valence electrons. The molecule has 1 aliphatic rings. The summed E-state index contributed by atoms with van der Waals surface area (Å²) in [4.78, 5) is 11.8. The second-order valence-corrected chi connectivity index (χ2v) is 6.31. The Bertz CT molecular complexity index is 280. The van der Waals surface area contributed by atoms with Gasteiger partial charge in [0.05, 0.1) is 12.2 Å². The second kappa shape index (κ2) is 4.94. The quantitative estimate of drug-likeness (QED) is 0.740. The highest BCUT2D eigenvalue weighted by Crippen LogP contribution is 2.40. The monoisotopic (exact) mass is 242 g/mol. The number of nitrogens with two attached hydrogens (primary N) is 1. The number of hydrogen-bond donors (Lipinski definition) is 2. The summed E-state index contributed by atoms with van der Waals surface area (Å²) in [5.74, 6) is 0.0303. The van der Waals surface area contributed by atoms with Crippen LogP contribution in [-0.2, 0) is 9.53 Å². The zero-order valence-corrected chi connectivity index (χ0v) is 11.7. The van der Waals surface area contributed by atoms with E-state index in [1.165, 1.54) is 0 Å². The lowest BCUT2D eigenvalue weighted by Gasteiger charge is -2.36. The molecule has 0 bridgehead atoms. The number of carbonyl (C=O) groups is 1. The molecule has 0 spiro atoms. The van der Waals surface area contributed by atoms with Crippen LogP contribution < -0.4 is 11.1 Å². The number of hydrogen-bond acceptors (Lipinski definition) is 3. The molecule has 0 aromatic carbocycles. The second-order valence-electron chi connectivity index (χ2n) is 6.31. The van der Waals surface area contributed by atoms with Gasteiger partial charge in [-0.2, -0.15) is 0 Å². The maximum Gasteiger partial charge on any atom is 0.240 e. The van der Waals surface area contributed by atoms with Crippen molar-refractivity contribution in [3.63, 3.8) is 0 Å². The first kappa shape index (κ1) is 14.5. The first-order chi connectivity index (χ1) is 7.67. The van der Waals surface area contributed by atoms with Gasteiger partial charge in [-0.3, -0.25) is 10.1 Å². The van der Waals surface area contributed by atoms with Crippen molar-refractivity contribution in [3.05, 3.63) is 0 Å². The van der Waals surface area contributed by atoms with Gasteiger partial charge >= 0.3 is 0 Å². The highest BCUT2D eigenvalue weighted by atomic mass is 16.5. The summed E-state index contributed by atoms with van der Waals surface area (Å²) in [5, 5.41) is 3.33. The van der Waals surface area contributed by atoms with E-state index in [9.17, 15) is 4.79 Å². The summed E-state index contributed by atoms with van der Waals surface area (Å²) in [6, 6.07) is 0.215. The standard InChI is InChI=1S/C13H26N2O2/c1-9(2)15-13(11(14)16,10-6-7-10)8-17-12(3,4)5/h9-10,15H,6-8H2,1-5H3,(H2,14,16). The van der Waals surface area contributed by atoms with Gasteiger partial charge in [-0.05, 0) is 53.4 Å². The Labute approximate surface area is 104 Å². The average Bonchev–Trinajstić information content (AvgIpc) is 2.92. The molecule has 1 unspecified atom stereocenters. The van der Waals surface area contributed by atoms with Crippen molar-refractivity contribution in [2.45, 2.75) is 64.6 Å². The van der Waals surface area contributed by atoms with Gasteiger partial charge in [0.15, 0.2) is 0 Å². The van der Waals surface area contributed by atoms with Crippen molar-refractivity contribution in [3.8, 4) is 0 Å². The van der Waals surface area contributed by atoms with E-state index in [4.69, 9.17) is 10.5 Å². The largest absolute Gasteiger partial charge is 0.373 e. The summed E-state index contributed by atoms with van der Waals surface area (Å²) in [6.07, 6.45) is 2.10. The minimum Gasteiger partial charge on any atom is -0.373 e. The average molecular weight is 242 g/mol. The van der Waals surface area contributed by atoms with Gasteiger partial charge in [0.2, 0.25) is 5.91 Å². The molecule has 0 aromatic heterocycles. The molecule has 4 heteroatoms. The van der Waals surface area contributed by atoms with Crippen molar-refractivity contribution in [1.82, 2.24) is 5.32 Å². The third-order valence-electron chi connectivity index (χ3n) is 2.99. The molecule has 3 N–H and O–H groups in total. The molecule has 0 aromatic rings. The van der Waals surface area contributed by atoms with Crippen molar-refractivity contribution in [2.24, 2.45) is 11.7 Å². The summed E-state index contributed by atoms with van der Waals surface area (Å²) in [5.41, 5.74) is 4.66.